The summed E-state index contributed by atoms with van der Waals surface area (Å²) in [4.78, 5) is 12.6. The molecule has 2 aliphatic heterocycles. The molecular formula is C24H49N7O10. The Hall–Kier alpha value is -1.13. The second-order valence-corrected chi connectivity index (χ2v) is 11.1. The van der Waals surface area contributed by atoms with E-state index in [1.807, 2.05) is 0 Å². The van der Waals surface area contributed by atoms with Gasteiger partial charge in [0.05, 0.1) is 43.1 Å². The smallest absolute Gasteiger partial charge is 0.250 e. The molecule has 3 aliphatic rings. The summed E-state index contributed by atoms with van der Waals surface area (Å²) in [6, 6.07) is -3.45. The monoisotopic (exact) mass is 595 g/mol. The molecule has 3 fully saturated rings. The number of nitrogens with one attached hydrogen (secondary N) is 2. The maximum Gasteiger partial charge on any atom is 0.250 e. The lowest BCUT2D eigenvalue weighted by atomic mass is 9.71. The van der Waals surface area contributed by atoms with Gasteiger partial charge in [-0.2, -0.15) is 0 Å². The van der Waals surface area contributed by atoms with Crippen LogP contribution in [0, 0.1) is 5.92 Å². The van der Waals surface area contributed by atoms with Gasteiger partial charge in [0.2, 0.25) is 5.91 Å². The summed E-state index contributed by atoms with van der Waals surface area (Å²) in [6.07, 6.45) is -11.3. The van der Waals surface area contributed by atoms with E-state index in [0.29, 0.717) is 19.5 Å². The maximum atomic E-state index is 12.6. The van der Waals surface area contributed by atoms with Gasteiger partial charge < -0.3 is 84.2 Å². The third-order valence-corrected chi connectivity index (χ3v) is 8.28. The predicted molar refractivity (Wildman–Crippen MR) is 143 cm³/mol. The molecule has 2 saturated heterocycles. The molecule has 2 heterocycles. The molecule has 15 atom stereocenters. The van der Waals surface area contributed by atoms with Crippen molar-refractivity contribution in [1.82, 2.24) is 10.6 Å². The topological polar surface area (TPSA) is 320 Å². The standard InChI is InChI=1S/C24H49N7O10/c25-2-1-3-30-10-5-12(33)14(7-27)39-21(10)16-9(28)4-11(31-23(38)13(34)6-26)22(19(16)36)41-24-20(37)17(29)18(35)15(8-32)40-24/h9-22,24,30,32-37H,1-8,25-29H2,(H,31,38). The highest BCUT2D eigenvalue weighted by Gasteiger charge is 2.54. The van der Waals surface area contributed by atoms with Gasteiger partial charge in [-0.3, -0.25) is 4.79 Å². The van der Waals surface area contributed by atoms with E-state index in [1.165, 1.54) is 0 Å². The Bertz CT molecular complexity index is 819. The molecule has 17 nitrogen and oxygen atoms in total. The van der Waals surface area contributed by atoms with Crippen LogP contribution in [0.25, 0.3) is 0 Å². The maximum absolute atomic E-state index is 12.6. The van der Waals surface area contributed by atoms with Gasteiger partial charge in [0.1, 0.15) is 30.5 Å². The number of nitrogens with two attached hydrogens (primary N) is 5. The van der Waals surface area contributed by atoms with Gasteiger partial charge in [0, 0.05) is 31.1 Å². The molecule has 41 heavy (non-hydrogen) atoms. The summed E-state index contributed by atoms with van der Waals surface area (Å²) in [5, 5.41) is 68.8. The Morgan fingerprint density at radius 2 is 1.68 bits per heavy atom. The Balaban J connectivity index is 1.92. The zero-order chi connectivity index (χ0) is 30.4. The third kappa shape index (κ3) is 7.88. The van der Waals surface area contributed by atoms with Gasteiger partial charge in [-0.1, -0.05) is 0 Å². The van der Waals surface area contributed by atoms with Crippen molar-refractivity contribution in [2.45, 2.75) is 105 Å². The summed E-state index contributed by atoms with van der Waals surface area (Å²) < 4.78 is 17.8. The molecule has 0 radical (unpaired) electrons. The molecule has 240 valence electrons. The minimum absolute atomic E-state index is 0.0195. The molecule has 3 rings (SSSR count). The molecule has 18 N–H and O–H groups in total. The SMILES string of the molecule is NCCCNC1CC(O)C(CN)OC1C1C(N)CC(NC(=O)C(O)CN)C(OC2OC(CO)C(O)C(N)C2O)C1O. The lowest BCUT2D eigenvalue weighted by Gasteiger charge is -2.52. The summed E-state index contributed by atoms with van der Waals surface area (Å²) in [6.45, 7) is -0.0111. The molecule has 0 aromatic carbocycles. The van der Waals surface area contributed by atoms with Gasteiger partial charge >= 0.3 is 0 Å². The van der Waals surface area contributed by atoms with Crippen LogP contribution >= 0.6 is 0 Å². The van der Waals surface area contributed by atoms with Gasteiger partial charge in [0.15, 0.2) is 6.29 Å². The molecule has 17 heteroatoms. The van der Waals surface area contributed by atoms with Crippen molar-refractivity contribution in [3.63, 3.8) is 0 Å². The normalized spacial score (nSPS) is 44.4. The Morgan fingerprint density at radius 1 is 0.976 bits per heavy atom. The average molecular weight is 596 g/mol. The van der Waals surface area contributed by atoms with Gasteiger partial charge in [-0.15, -0.1) is 0 Å². The van der Waals surface area contributed by atoms with Crippen molar-refractivity contribution >= 4 is 5.91 Å². The summed E-state index contributed by atoms with van der Waals surface area (Å²) in [5.74, 6) is -1.64. The van der Waals surface area contributed by atoms with Gasteiger partial charge in [0.25, 0.3) is 0 Å². The Morgan fingerprint density at radius 3 is 2.29 bits per heavy atom. The van der Waals surface area contributed by atoms with Crippen LogP contribution in [0.3, 0.4) is 0 Å². The van der Waals surface area contributed by atoms with Crippen LogP contribution in [0.5, 0.6) is 0 Å². The van der Waals surface area contributed by atoms with E-state index in [1.54, 1.807) is 0 Å². The molecule has 0 spiro atoms. The molecular weight excluding hydrogens is 546 g/mol. The van der Waals surface area contributed by atoms with Crippen molar-refractivity contribution in [3.05, 3.63) is 0 Å². The first-order valence-corrected chi connectivity index (χ1v) is 14.1. The van der Waals surface area contributed by atoms with Crippen LogP contribution in [0.1, 0.15) is 19.3 Å². The van der Waals surface area contributed by atoms with Crippen molar-refractivity contribution in [2.75, 3.05) is 32.8 Å². The number of ether oxygens (including phenoxy) is 3. The number of carbonyl (C=O) groups excluding carboxylic acids is 1. The van der Waals surface area contributed by atoms with Crippen molar-refractivity contribution in [1.29, 1.82) is 0 Å². The highest BCUT2D eigenvalue weighted by atomic mass is 16.7. The third-order valence-electron chi connectivity index (χ3n) is 8.28. The van der Waals surface area contributed by atoms with E-state index in [2.05, 4.69) is 10.6 Å². The predicted octanol–water partition coefficient (Wildman–Crippen LogP) is -7.57. The first kappa shape index (κ1) is 34.4. The van der Waals surface area contributed by atoms with Crippen LogP contribution in [-0.2, 0) is 19.0 Å². The van der Waals surface area contributed by atoms with Crippen LogP contribution in [0.4, 0.5) is 0 Å². The first-order valence-electron chi connectivity index (χ1n) is 14.1. The number of rotatable bonds is 12. The minimum Gasteiger partial charge on any atom is -0.394 e. The van der Waals surface area contributed by atoms with Crippen LogP contribution in [-0.4, -0.2) is 155 Å². The molecule has 0 aromatic heterocycles. The second-order valence-electron chi connectivity index (χ2n) is 11.1. The van der Waals surface area contributed by atoms with E-state index in [9.17, 15) is 35.4 Å². The summed E-state index contributed by atoms with van der Waals surface area (Å²) >= 11 is 0. The van der Waals surface area contributed by atoms with Gasteiger partial charge in [-0.25, -0.2) is 0 Å². The second kappa shape index (κ2) is 15.6. The number of aliphatic hydroxyl groups is 6. The number of carbonyl (C=O) groups is 1. The number of aliphatic hydroxyl groups excluding tert-OH is 6. The van der Waals surface area contributed by atoms with E-state index in [0.717, 1.165) is 0 Å². The molecule has 15 unspecified atom stereocenters. The van der Waals surface area contributed by atoms with E-state index >= 15 is 0 Å². The zero-order valence-corrected chi connectivity index (χ0v) is 23.0. The molecule has 0 bridgehead atoms. The number of hydrogen-bond acceptors (Lipinski definition) is 16. The van der Waals surface area contributed by atoms with Crippen molar-refractivity contribution in [2.24, 2.45) is 34.6 Å². The fourth-order valence-electron chi connectivity index (χ4n) is 5.91. The lowest BCUT2D eigenvalue weighted by molar-refractivity contribution is -0.307. The van der Waals surface area contributed by atoms with Crippen LogP contribution < -0.4 is 39.3 Å². The molecule has 0 aromatic rings. The molecule has 1 aliphatic carbocycles. The zero-order valence-electron chi connectivity index (χ0n) is 23.0. The minimum atomic E-state index is -1.56. The van der Waals surface area contributed by atoms with Crippen molar-refractivity contribution in [3.8, 4) is 0 Å². The highest BCUT2D eigenvalue weighted by molar-refractivity contribution is 5.81. The van der Waals surface area contributed by atoms with E-state index in [4.69, 9.17) is 42.9 Å². The summed E-state index contributed by atoms with van der Waals surface area (Å²) in [7, 11) is 0. The fourth-order valence-corrected chi connectivity index (χ4v) is 5.91. The van der Waals surface area contributed by atoms with E-state index in [-0.39, 0.29) is 25.9 Å². The van der Waals surface area contributed by atoms with Crippen LogP contribution in [0.15, 0.2) is 0 Å². The quantitative estimate of drug-likeness (QED) is 0.0931. The molecule has 1 saturated carbocycles. The summed E-state index contributed by atoms with van der Waals surface area (Å²) in [5.41, 5.74) is 29.4. The first-order chi connectivity index (χ1) is 19.5. The Kier molecular flexibility index (Phi) is 13.0. The highest BCUT2D eigenvalue weighted by Crippen LogP contribution is 2.37. The Labute approximate surface area is 238 Å². The number of hydrogen-bond donors (Lipinski definition) is 13. The van der Waals surface area contributed by atoms with Crippen molar-refractivity contribution < 1.29 is 49.6 Å². The number of amides is 1. The fraction of sp³-hybridized carbons (Fsp3) is 0.958. The van der Waals surface area contributed by atoms with Crippen LogP contribution in [0.2, 0.25) is 0 Å². The molecule has 1 amide bonds. The lowest BCUT2D eigenvalue weighted by Crippen LogP contribution is -2.70. The average Bonchev–Trinajstić information content (AvgIpc) is 2.95. The largest absolute Gasteiger partial charge is 0.394 e. The van der Waals surface area contributed by atoms with Gasteiger partial charge in [-0.05, 0) is 32.4 Å². The van der Waals surface area contributed by atoms with E-state index < -0.39 is 104 Å².